The number of aryl methyl sites for hydroxylation is 1. The van der Waals surface area contributed by atoms with E-state index in [-0.39, 0.29) is 0 Å². The van der Waals surface area contributed by atoms with Crippen LogP contribution in [0.15, 0.2) is 24.3 Å². The van der Waals surface area contributed by atoms with Crippen LogP contribution in [0.5, 0.6) is 0 Å². The Balaban J connectivity index is 1.28. The average Bonchev–Trinajstić information content (AvgIpc) is 3.20. The first-order chi connectivity index (χ1) is 17.2. The molecule has 3 aliphatic rings. The molecule has 1 aromatic carbocycles. The number of aromatic nitrogens is 4. The molecule has 0 saturated carbocycles. The fraction of sp³-hybridized carbons (Fsp3) is 0.538. The minimum Gasteiger partial charge on any atom is -0.380 e. The lowest BCUT2D eigenvalue weighted by atomic mass is 9.81. The number of piperidine rings is 2. The number of nitrogens with zero attached hydrogens (tertiary/aromatic N) is 5. The number of nitriles is 1. The number of rotatable bonds is 7. The second-order valence-electron chi connectivity index (χ2n) is 10.2. The third kappa shape index (κ3) is 4.56. The Morgan fingerprint density at radius 2 is 2.00 bits per heavy atom. The SMILES string of the molecule is Cc1cc(Nc2nc(N[C@@H]3C[C@H]4CCC[C@@H](C3)N4CCC#N)nc3cc(C4COC4)ccc23)n[nH]1. The van der Waals surface area contributed by atoms with Gasteiger partial charge in [-0.2, -0.15) is 15.3 Å². The lowest BCUT2D eigenvalue weighted by Crippen LogP contribution is -2.55. The van der Waals surface area contributed by atoms with Gasteiger partial charge in [0.25, 0.3) is 0 Å². The molecule has 2 bridgehead atoms. The number of hydrogen-bond acceptors (Lipinski definition) is 8. The molecule has 9 nitrogen and oxygen atoms in total. The van der Waals surface area contributed by atoms with E-state index in [9.17, 15) is 0 Å². The van der Waals surface area contributed by atoms with E-state index in [0.717, 1.165) is 60.8 Å². The van der Waals surface area contributed by atoms with Crippen LogP contribution in [-0.2, 0) is 4.74 Å². The van der Waals surface area contributed by atoms with Crippen LogP contribution in [0.3, 0.4) is 0 Å². The van der Waals surface area contributed by atoms with E-state index in [1.54, 1.807) is 0 Å². The summed E-state index contributed by atoms with van der Waals surface area (Å²) < 4.78 is 5.41. The number of hydrogen-bond donors (Lipinski definition) is 3. The van der Waals surface area contributed by atoms with Gasteiger partial charge >= 0.3 is 0 Å². The molecule has 3 aliphatic heterocycles. The highest BCUT2D eigenvalue weighted by molar-refractivity contribution is 5.92. The third-order valence-electron chi connectivity index (χ3n) is 7.72. The van der Waals surface area contributed by atoms with E-state index in [4.69, 9.17) is 20.0 Å². The fourth-order valence-corrected chi connectivity index (χ4v) is 5.92. The molecule has 3 saturated heterocycles. The van der Waals surface area contributed by atoms with Gasteiger partial charge in [-0.25, -0.2) is 4.98 Å². The van der Waals surface area contributed by atoms with Crippen molar-refractivity contribution in [1.29, 1.82) is 5.26 Å². The Kier molecular flexibility index (Phi) is 6.00. The van der Waals surface area contributed by atoms with Gasteiger partial charge in [-0.05, 0) is 50.3 Å². The molecule has 0 spiro atoms. The first-order valence-electron chi connectivity index (χ1n) is 12.7. The molecule has 2 aromatic heterocycles. The first-order valence-corrected chi connectivity index (χ1v) is 12.7. The van der Waals surface area contributed by atoms with E-state index < -0.39 is 0 Å². The van der Waals surface area contributed by atoms with Gasteiger partial charge in [0.15, 0.2) is 5.82 Å². The van der Waals surface area contributed by atoms with Crippen molar-refractivity contribution in [3.63, 3.8) is 0 Å². The molecule has 5 heterocycles. The summed E-state index contributed by atoms with van der Waals surface area (Å²) in [4.78, 5) is 12.4. The van der Waals surface area contributed by atoms with Crippen molar-refractivity contribution in [2.45, 2.75) is 69.5 Å². The molecular formula is C26H32N8O. The van der Waals surface area contributed by atoms with Crippen LogP contribution in [0, 0.1) is 18.3 Å². The fourth-order valence-electron chi connectivity index (χ4n) is 5.92. The normalized spacial score (nSPS) is 24.6. The van der Waals surface area contributed by atoms with Crippen molar-refractivity contribution in [2.24, 2.45) is 0 Å². The molecule has 9 heteroatoms. The standard InChI is InChI=1S/C26H32N8O/c1-16-10-24(33-32-16)30-25-22-7-6-17(18-14-35-15-18)11-23(22)29-26(31-25)28-19-12-20-4-2-5-21(13-19)34(20)9-3-8-27/h6-7,10-11,18-21H,2-5,9,12-15H2,1H3,(H3,28,29,30,31,32,33)/t19-,20-,21+. The van der Waals surface area contributed by atoms with E-state index in [0.29, 0.717) is 36.4 Å². The summed E-state index contributed by atoms with van der Waals surface area (Å²) in [5, 5.41) is 24.5. The third-order valence-corrected chi connectivity index (χ3v) is 7.72. The number of fused-ring (bicyclic) bond motifs is 3. The maximum atomic E-state index is 9.07. The minimum atomic E-state index is 0.324. The minimum absolute atomic E-state index is 0.324. The maximum absolute atomic E-state index is 9.07. The lowest BCUT2D eigenvalue weighted by Gasteiger charge is -2.48. The Labute approximate surface area is 205 Å². The van der Waals surface area contributed by atoms with Crippen LogP contribution in [0.1, 0.15) is 55.7 Å². The summed E-state index contributed by atoms with van der Waals surface area (Å²) in [6.07, 6.45) is 6.42. The Morgan fingerprint density at radius 1 is 1.17 bits per heavy atom. The smallest absolute Gasteiger partial charge is 0.225 e. The summed E-state index contributed by atoms with van der Waals surface area (Å²) in [5.74, 6) is 2.59. The molecule has 0 radical (unpaired) electrons. The van der Waals surface area contributed by atoms with E-state index in [2.05, 4.69) is 50.0 Å². The van der Waals surface area contributed by atoms with Crippen LogP contribution >= 0.6 is 0 Å². The van der Waals surface area contributed by atoms with E-state index in [1.807, 2.05) is 13.0 Å². The van der Waals surface area contributed by atoms with Gasteiger partial charge in [-0.15, -0.1) is 0 Å². The van der Waals surface area contributed by atoms with Crippen molar-refractivity contribution < 1.29 is 4.74 Å². The number of H-pyrrole nitrogens is 1. The zero-order valence-corrected chi connectivity index (χ0v) is 20.1. The topological polar surface area (TPSA) is 115 Å². The molecule has 3 aromatic rings. The van der Waals surface area contributed by atoms with Gasteiger partial charge in [-0.1, -0.05) is 12.5 Å². The highest BCUT2D eigenvalue weighted by Gasteiger charge is 2.38. The van der Waals surface area contributed by atoms with Crippen LogP contribution in [0.4, 0.5) is 17.6 Å². The van der Waals surface area contributed by atoms with Gasteiger partial charge in [0.2, 0.25) is 5.95 Å². The van der Waals surface area contributed by atoms with E-state index >= 15 is 0 Å². The molecular weight excluding hydrogens is 440 g/mol. The number of ether oxygens (including phenoxy) is 1. The average molecular weight is 473 g/mol. The van der Waals surface area contributed by atoms with Crippen LogP contribution in [0.2, 0.25) is 0 Å². The second kappa shape index (κ2) is 9.44. The molecule has 0 unspecified atom stereocenters. The molecule has 3 atom stereocenters. The highest BCUT2D eigenvalue weighted by Crippen LogP contribution is 2.36. The van der Waals surface area contributed by atoms with Gasteiger partial charge in [0.1, 0.15) is 5.82 Å². The van der Waals surface area contributed by atoms with Crippen LogP contribution < -0.4 is 10.6 Å². The Morgan fingerprint density at radius 3 is 2.69 bits per heavy atom. The highest BCUT2D eigenvalue weighted by atomic mass is 16.5. The van der Waals surface area contributed by atoms with E-state index in [1.165, 1.54) is 24.8 Å². The molecule has 3 N–H and O–H groups in total. The monoisotopic (exact) mass is 472 g/mol. The second-order valence-corrected chi connectivity index (χ2v) is 10.2. The Hall–Kier alpha value is -3.22. The maximum Gasteiger partial charge on any atom is 0.225 e. The summed E-state index contributed by atoms with van der Waals surface area (Å²) in [6.45, 7) is 4.41. The van der Waals surface area contributed by atoms with Crippen LogP contribution in [-0.4, -0.2) is 62.9 Å². The van der Waals surface area contributed by atoms with Gasteiger partial charge in [0, 0.05) is 54.2 Å². The molecule has 6 rings (SSSR count). The number of nitrogens with one attached hydrogen (secondary N) is 3. The molecule has 182 valence electrons. The van der Waals surface area contributed by atoms with Crippen molar-refractivity contribution in [2.75, 3.05) is 30.4 Å². The number of anilines is 3. The first kappa shape index (κ1) is 22.3. The predicted molar refractivity (Wildman–Crippen MR) is 135 cm³/mol. The molecule has 0 amide bonds. The molecule has 3 fully saturated rings. The molecule has 35 heavy (non-hydrogen) atoms. The van der Waals surface area contributed by atoms with Crippen molar-refractivity contribution in [3.8, 4) is 6.07 Å². The Bertz CT molecular complexity index is 1230. The summed E-state index contributed by atoms with van der Waals surface area (Å²) >= 11 is 0. The summed E-state index contributed by atoms with van der Waals surface area (Å²) in [7, 11) is 0. The summed E-state index contributed by atoms with van der Waals surface area (Å²) in [6, 6.07) is 12.1. The van der Waals surface area contributed by atoms with Crippen molar-refractivity contribution >= 4 is 28.5 Å². The van der Waals surface area contributed by atoms with Gasteiger partial charge in [-0.3, -0.25) is 10.00 Å². The quantitative estimate of drug-likeness (QED) is 0.468. The number of aromatic amines is 1. The van der Waals surface area contributed by atoms with Gasteiger partial charge < -0.3 is 15.4 Å². The predicted octanol–water partition coefficient (Wildman–Crippen LogP) is 4.23. The summed E-state index contributed by atoms with van der Waals surface area (Å²) in [5.41, 5.74) is 3.18. The zero-order chi connectivity index (χ0) is 23.8. The largest absolute Gasteiger partial charge is 0.380 e. The van der Waals surface area contributed by atoms with Crippen molar-refractivity contribution in [3.05, 3.63) is 35.5 Å². The zero-order valence-electron chi connectivity index (χ0n) is 20.1. The van der Waals surface area contributed by atoms with Crippen molar-refractivity contribution in [1.82, 2.24) is 25.1 Å². The molecule has 0 aliphatic carbocycles. The lowest BCUT2D eigenvalue weighted by molar-refractivity contribution is 0.00847. The number of benzene rings is 1. The van der Waals surface area contributed by atoms with Crippen LogP contribution in [0.25, 0.3) is 10.9 Å². The van der Waals surface area contributed by atoms with Gasteiger partial charge in [0.05, 0.1) is 24.8 Å².